The van der Waals surface area contributed by atoms with E-state index in [2.05, 4.69) is 0 Å². The van der Waals surface area contributed by atoms with E-state index in [1.54, 1.807) is 11.0 Å². The molecule has 0 N–H and O–H groups in total. The second-order valence-electron chi connectivity index (χ2n) is 7.25. The molecule has 1 saturated heterocycles. The molecule has 0 aliphatic carbocycles. The molecule has 1 aliphatic heterocycles. The lowest BCUT2D eigenvalue weighted by molar-refractivity contribution is -0.121. The summed E-state index contributed by atoms with van der Waals surface area (Å²) in [5.74, 6) is 0.0266. The van der Waals surface area contributed by atoms with Crippen molar-refractivity contribution in [3.8, 4) is 0 Å². The molecule has 1 amide bonds. The van der Waals surface area contributed by atoms with Crippen molar-refractivity contribution in [2.75, 3.05) is 18.5 Å². The Labute approximate surface area is 168 Å². The van der Waals surface area contributed by atoms with Crippen molar-refractivity contribution in [3.05, 3.63) is 75.1 Å². The molecule has 144 valence electrons. The van der Waals surface area contributed by atoms with Crippen LogP contribution in [0.2, 0.25) is 5.02 Å². The number of hydrogen-bond donors (Lipinski definition) is 0. The summed E-state index contributed by atoms with van der Waals surface area (Å²) < 4.78 is 5.34. The van der Waals surface area contributed by atoms with E-state index in [1.807, 2.05) is 55.3 Å². The Balaban J connectivity index is 1.59. The van der Waals surface area contributed by atoms with Crippen molar-refractivity contribution in [3.63, 3.8) is 0 Å². The number of benzene rings is 2. The monoisotopic (exact) mass is 396 g/mol. The van der Waals surface area contributed by atoms with Crippen LogP contribution in [0.25, 0.3) is 11.0 Å². The predicted molar refractivity (Wildman–Crippen MR) is 111 cm³/mol. The van der Waals surface area contributed by atoms with Crippen molar-refractivity contribution >= 4 is 34.2 Å². The first-order valence-corrected chi connectivity index (χ1v) is 9.61. The number of halogens is 1. The number of amides is 1. The highest BCUT2D eigenvalue weighted by molar-refractivity contribution is 6.33. The Kier molecular flexibility index (Phi) is 4.96. The zero-order valence-corrected chi connectivity index (χ0v) is 16.6. The quantitative estimate of drug-likeness (QED) is 0.626. The maximum Gasteiger partial charge on any atom is 0.336 e. The van der Waals surface area contributed by atoms with Crippen molar-refractivity contribution in [2.45, 2.75) is 25.9 Å². The van der Waals surface area contributed by atoms with Gasteiger partial charge in [0.1, 0.15) is 5.58 Å². The van der Waals surface area contributed by atoms with Crippen LogP contribution >= 0.6 is 11.6 Å². The zero-order chi connectivity index (χ0) is 19.8. The molecule has 1 fully saturated rings. The number of nitrogens with zero attached hydrogens (tertiary/aromatic N) is 2. The van der Waals surface area contributed by atoms with Gasteiger partial charge < -0.3 is 9.32 Å². The summed E-state index contributed by atoms with van der Waals surface area (Å²) in [7, 11) is 1.91. The largest absolute Gasteiger partial charge is 0.423 e. The maximum absolute atomic E-state index is 13.0. The van der Waals surface area contributed by atoms with Crippen LogP contribution in [0.15, 0.2) is 57.7 Å². The molecule has 1 atom stereocenters. The van der Waals surface area contributed by atoms with Gasteiger partial charge in [-0.15, -0.1) is 0 Å². The Morgan fingerprint density at radius 3 is 2.75 bits per heavy atom. The average Bonchev–Trinajstić information content (AvgIpc) is 3.03. The second-order valence-corrected chi connectivity index (χ2v) is 7.66. The van der Waals surface area contributed by atoms with Gasteiger partial charge in [-0.3, -0.25) is 9.69 Å². The molecule has 5 nitrogen and oxygen atoms in total. The third-order valence-electron chi connectivity index (χ3n) is 5.26. The summed E-state index contributed by atoms with van der Waals surface area (Å²) in [6, 6.07) is 14.4. The van der Waals surface area contributed by atoms with Gasteiger partial charge in [-0.2, -0.15) is 0 Å². The fourth-order valence-electron chi connectivity index (χ4n) is 3.83. The highest BCUT2D eigenvalue weighted by Gasteiger charge is 2.36. The summed E-state index contributed by atoms with van der Waals surface area (Å²) in [5, 5.41) is 1.46. The van der Waals surface area contributed by atoms with Gasteiger partial charge in [-0.1, -0.05) is 35.9 Å². The molecule has 6 heteroatoms. The first-order valence-electron chi connectivity index (χ1n) is 9.23. The lowest BCUT2D eigenvalue weighted by atomic mass is 10.1. The van der Waals surface area contributed by atoms with E-state index in [4.69, 9.17) is 16.0 Å². The number of aryl methyl sites for hydroxylation is 1. The first-order chi connectivity index (χ1) is 13.4. The van der Waals surface area contributed by atoms with Crippen LogP contribution in [0.3, 0.4) is 0 Å². The van der Waals surface area contributed by atoms with Crippen molar-refractivity contribution in [2.24, 2.45) is 0 Å². The van der Waals surface area contributed by atoms with Gasteiger partial charge >= 0.3 is 5.63 Å². The average molecular weight is 397 g/mol. The van der Waals surface area contributed by atoms with E-state index in [9.17, 15) is 9.59 Å². The number of carbonyl (C=O) groups excluding carboxylic acids is 1. The lowest BCUT2D eigenvalue weighted by Gasteiger charge is -2.24. The van der Waals surface area contributed by atoms with E-state index < -0.39 is 0 Å². The van der Waals surface area contributed by atoms with Crippen molar-refractivity contribution < 1.29 is 9.21 Å². The number of hydrogen-bond acceptors (Lipinski definition) is 4. The minimum Gasteiger partial charge on any atom is -0.423 e. The number of rotatable bonds is 4. The zero-order valence-electron chi connectivity index (χ0n) is 15.8. The van der Waals surface area contributed by atoms with E-state index in [-0.39, 0.29) is 17.6 Å². The number of anilines is 1. The van der Waals surface area contributed by atoms with Gasteiger partial charge in [0.05, 0.1) is 16.8 Å². The summed E-state index contributed by atoms with van der Waals surface area (Å²) in [5.41, 5.74) is 2.83. The van der Waals surface area contributed by atoms with Crippen LogP contribution in [0.1, 0.15) is 17.5 Å². The molecule has 4 rings (SSSR count). The van der Waals surface area contributed by atoms with E-state index in [1.165, 1.54) is 6.07 Å². The standard InChI is InChI=1S/C22H21ClN2O3/c1-14-7-8-16-15(12-21(26)28-20(16)11-14)13-24(2)19-9-10-25(22(19)27)18-6-4-3-5-17(18)23/h3-8,11-12,19H,9-10,13H2,1-2H3. The van der Waals surface area contributed by atoms with E-state index in [0.717, 1.165) is 22.2 Å². The maximum atomic E-state index is 13.0. The fraction of sp³-hybridized carbons (Fsp3) is 0.273. The summed E-state index contributed by atoms with van der Waals surface area (Å²) in [4.78, 5) is 28.7. The third kappa shape index (κ3) is 3.43. The predicted octanol–water partition coefficient (Wildman–Crippen LogP) is 3.99. The number of fused-ring (bicyclic) bond motifs is 1. The van der Waals surface area contributed by atoms with Gasteiger partial charge in [0, 0.05) is 24.5 Å². The Bertz CT molecular complexity index is 1110. The first kappa shape index (κ1) is 18.7. The van der Waals surface area contributed by atoms with Gasteiger partial charge in [0.25, 0.3) is 0 Å². The fourth-order valence-corrected chi connectivity index (χ4v) is 4.07. The molecule has 1 aromatic heterocycles. The molecule has 2 aromatic carbocycles. The molecule has 2 heterocycles. The molecule has 0 saturated carbocycles. The Morgan fingerprint density at radius 2 is 1.96 bits per heavy atom. The molecule has 28 heavy (non-hydrogen) atoms. The third-order valence-corrected chi connectivity index (χ3v) is 5.58. The molecule has 1 aliphatic rings. The Morgan fingerprint density at radius 1 is 1.18 bits per heavy atom. The molecule has 0 bridgehead atoms. The highest BCUT2D eigenvalue weighted by atomic mass is 35.5. The minimum atomic E-state index is -0.378. The molecule has 3 aromatic rings. The Hall–Kier alpha value is -2.63. The molecular weight excluding hydrogens is 376 g/mol. The van der Waals surface area contributed by atoms with Gasteiger partial charge in [-0.25, -0.2) is 4.79 Å². The van der Waals surface area contributed by atoms with Crippen molar-refractivity contribution in [1.29, 1.82) is 0 Å². The van der Waals surface area contributed by atoms with Crippen LogP contribution in [0.4, 0.5) is 5.69 Å². The number of para-hydroxylation sites is 1. The molecule has 0 spiro atoms. The normalized spacial score (nSPS) is 17.1. The molecule has 0 radical (unpaired) electrons. The van der Waals surface area contributed by atoms with Gasteiger partial charge in [-0.05, 0) is 49.7 Å². The van der Waals surface area contributed by atoms with E-state index >= 15 is 0 Å². The van der Waals surface area contributed by atoms with Gasteiger partial charge in [0.2, 0.25) is 5.91 Å². The lowest BCUT2D eigenvalue weighted by Crippen LogP contribution is -2.39. The number of carbonyl (C=O) groups is 1. The molecular formula is C22H21ClN2O3. The van der Waals surface area contributed by atoms with Crippen LogP contribution in [-0.4, -0.2) is 30.4 Å². The van der Waals surface area contributed by atoms with Crippen molar-refractivity contribution in [1.82, 2.24) is 4.90 Å². The highest BCUT2D eigenvalue weighted by Crippen LogP contribution is 2.31. The summed E-state index contributed by atoms with van der Waals surface area (Å²) in [6.45, 7) is 3.06. The summed E-state index contributed by atoms with van der Waals surface area (Å²) >= 11 is 6.27. The minimum absolute atomic E-state index is 0.0266. The van der Waals surface area contributed by atoms with Gasteiger partial charge in [0.15, 0.2) is 0 Å². The SMILES string of the molecule is Cc1ccc2c(CN(C)C3CCN(c4ccccc4Cl)C3=O)cc(=O)oc2c1. The second kappa shape index (κ2) is 7.41. The van der Waals surface area contributed by atoms with Crippen LogP contribution in [0.5, 0.6) is 0 Å². The van der Waals surface area contributed by atoms with Crippen LogP contribution in [0, 0.1) is 6.92 Å². The number of likely N-dealkylation sites (N-methyl/N-ethyl adjacent to an activating group) is 1. The topological polar surface area (TPSA) is 53.8 Å². The van der Waals surface area contributed by atoms with E-state index in [0.29, 0.717) is 30.1 Å². The van der Waals surface area contributed by atoms with Crippen LogP contribution < -0.4 is 10.5 Å². The van der Waals surface area contributed by atoms with Crippen LogP contribution in [-0.2, 0) is 11.3 Å². The summed E-state index contributed by atoms with van der Waals surface area (Å²) in [6.07, 6.45) is 0.707. The smallest absolute Gasteiger partial charge is 0.336 e. The molecule has 1 unspecified atom stereocenters.